The summed E-state index contributed by atoms with van der Waals surface area (Å²) in [6, 6.07) is 19.6. The number of carbonyl (C=O) groups excluding carboxylic acids is 1. The van der Waals surface area contributed by atoms with Crippen molar-refractivity contribution in [2.24, 2.45) is 0 Å². The van der Waals surface area contributed by atoms with Gasteiger partial charge in [0.1, 0.15) is 11.6 Å². The molecule has 8 heteroatoms. The van der Waals surface area contributed by atoms with Crippen LogP contribution in [0.1, 0.15) is 40.9 Å². The predicted molar refractivity (Wildman–Crippen MR) is 127 cm³/mol. The number of hydrogen-bond donors (Lipinski definition) is 1. The second kappa shape index (κ2) is 10.5. The van der Waals surface area contributed by atoms with E-state index in [1.54, 1.807) is 49.6 Å². The minimum absolute atomic E-state index is 0.146. The number of rotatable bonds is 9. The summed E-state index contributed by atoms with van der Waals surface area (Å²) in [4.78, 5) is 12.8. The van der Waals surface area contributed by atoms with Crippen LogP contribution >= 0.6 is 0 Å². The van der Waals surface area contributed by atoms with Crippen molar-refractivity contribution in [3.05, 3.63) is 95.3 Å². The van der Waals surface area contributed by atoms with E-state index in [4.69, 9.17) is 4.74 Å². The van der Waals surface area contributed by atoms with Crippen molar-refractivity contribution in [1.82, 2.24) is 5.32 Å². The molecule has 0 spiro atoms. The second-order valence-electron chi connectivity index (χ2n) is 7.62. The lowest BCUT2D eigenvalue weighted by atomic mass is 10.0. The van der Waals surface area contributed by atoms with E-state index in [0.29, 0.717) is 17.7 Å². The monoisotopic (exact) mass is 470 g/mol. The maximum absolute atomic E-state index is 14.1. The van der Waals surface area contributed by atoms with Crippen molar-refractivity contribution < 1.29 is 22.3 Å². The van der Waals surface area contributed by atoms with Crippen molar-refractivity contribution >= 4 is 21.6 Å². The van der Waals surface area contributed by atoms with E-state index in [2.05, 4.69) is 5.32 Å². The lowest BCUT2D eigenvalue weighted by molar-refractivity contribution is 0.0935. The highest BCUT2D eigenvalue weighted by Crippen LogP contribution is 2.24. The Balaban J connectivity index is 1.77. The number of anilines is 1. The number of halogens is 1. The average molecular weight is 471 g/mol. The molecule has 0 heterocycles. The van der Waals surface area contributed by atoms with Crippen LogP contribution in [-0.2, 0) is 16.6 Å². The third kappa shape index (κ3) is 6.10. The molecule has 1 N–H and O–H groups in total. The Morgan fingerprint density at radius 3 is 2.21 bits per heavy atom. The maximum atomic E-state index is 14.1. The molecule has 1 atom stereocenters. The van der Waals surface area contributed by atoms with E-state index < -0.39 is 15.8 Å². The minimum Gasteiger partial charge on any atom is -0.497 e. The normalized spacial score (nSPS) is 12.1. The highest BCUT2D eigenvalue weighted by atomic mass is 32.2. The summed E-state index contributed by atoms with van der Waals surface area (Å²) in [6.07, 6.45) is 1.76. The first-order valence-corrected chi connectivity index (χ1v) is 12.3. The van der Waals surface area contributed by atoms with Gasteiger partial charge >= 0.3 is 0 Å². The molecule has 0 aliphatic rings. The molecular weight excluding hydrogens is 443 g/mol. The topological polar surface area (TPSA) is 75.7 Å². The first-order valence-electron chi connectivity index (χ1n) is 10.5. The quantitative estimate of drug-likeness (QED) is 0.493. The first kappa shape index (κ1) is 24.3. The highest BCUT2D eigenvalue weighted by Gasteiger charge is 2.20. The van der Waals surface area contributed by atoms with Gasteiger partial charge in [-0.05, 0) is 54.4 Å². The highest BCUT2D eigenvalue weighted by molar-refractivity contribution is 7.92. The Kier molecular flexibility index (Phi) is 7.71. The van der Waals surface area contributed by atoms with Crippen molar-refractivity contribution in [2.45, 2.75) is 25.9 Å². The van der Waals surface area contributed by atoms with Crippen molar-refractivity contribution in [1.29, 1.82) is 0 Å². The molecule has 0 saturated heterocycles. The largest absolute Gasteiger partial charge is 0.497 e. The third-order valence-corrected chi connectivity index (χ3v) is 6.46. The lowest BCUT2D eigenvalue weighted by Crippen LogP contribution is -2.30. The summed E-state index contributed by atoms with van der Waals surface area (Å²) in [6.45, 7) is 1.83. The van der Waals surface area contributed by atoms with Crippen LogP contribution in [0.15, 0.2) is 72.8 Å². The molecule has 0 saturated carbocycles. The van der Waals surface area contributed by atoms with Gasteiger partial charge in [0, 0.05) is 11.1 Å². The summed E-state index contributed by atoms with van der Waals surface area (Å²) in [5.41, 5.74) is 1.95. The van der Waals surface area contributed by atoms with Crippen LogP contribution in [-0.4, -0.2) is 27.7 Å². The van der Waals surface area contributed by atoms with E-state index in [0.717, 1.165) is 21.9 Å². The number of nitrogens with zero attached hydrogens (tertiary/aromatic N) is 1. The molecule has 3 aromatic rings. The first-order chi connectivity index (χ1) is 15.7. The van der Waals surface area contributed by atoms with E-state index >= 15 is 0 Å². The van der Waals surface area contributed by atoms with E-state index in [9.17, 15) is 17.6 Å². The molecule has 0 bridgehead atoms. The molecule has 6 nitrogen and oxygen atoms in total. The molecule has 1 amide bonds. The number of sulfonamides is 1. The zero-order valence-corrected chi connectivity index (χ0v) is 19.6. The summed E-state index contributed by atoms with van der Waals surface area (Å²) in [5.74, 6) is -0.0168. The summed E-state index contributed by atoms with van der Waals surface area (Å²) >= 11 is 0. The molecule has 174 valence electrons. The fourth-order valence-electron chi connectivity index (χ4n) is 3.46. The van der Waals surface area contributed by atoms with Crippen LogP contribution in [0.4, 0.5) is 10.1 Å². The zero-order chi connectivity index (χ0) is 24.0. The van der Waals surface area contributed by atoms with E-state index in [1.807, 2.05) is 31.2 Å². The molecule has 3 rings (SSSR count). The number of ether oxygens (including phenoxy) is 1. The van der Waals surface area contributed by atoms with Crippen LogP contribution in [0.5, 0.6) is 5.75 Å². The summed E-state index contributed by atoms with van der Waals surface area (Å²) in [7, 11) is -2.08. The van der Waals surface area contributed by atoms with Crippen LogP contribution in [0.3, 0.4) is 0 Å². The maximum Gasteiger partial charge on any atom is 0.251 e. The minimum atomic E-state index is -3.67. The molecule has 3 aromatic carbocycles. The molecular formula is C25H27FN2O4S. The molecule has 0 unspecified atom stereocenters. The van der Waals surface area contributed by atoms with Gasteiger partial charge in [0.15, 0.2) is 0 Å². The fourth-order valence-corrected chi connectivity index (χ4v) is 4.34. The number of benzene rings is 3. The number of hydrogen-bond acceptors (Lipinski definition) is 4. The SMILES string of the molecule is CC[C@H](NC(=O)c1ccc(N(Cc2ccccc2F)S(C)(=O)=O)cc1)c1ccc(OC)cc1. The summed E-state index contributed by atoms with van der Waals surface area (Å²) < 4.78 is 45.1. The van der Waals surface area contributed by atoms with E-state index in [-0.39, 0.29) is 24.1 Å². The van der Waals surface area contributed by atoms with Gasteiger partial charge in [-0.25, -0.2) is 12.8 Å². The molecule has 33 heavy (non-hydrogen) atoms. The number of carbonyl (C=O) groups is 1. The third-order valence-electron chi connectivity index (χ3n) is 5.32. The van der Waals surface area contributed by atoms with Gasteiger partial charge in [0.2, 0.25) is 10.0 Å². The standard InChI is InChI=1S/C25H27FN2O4S/c1-4-24(18-11-15-22(32-2)16-12-18)27-25(29)19-9-13-21(14-10-19)28(33(3,30)31)17-20-7-5-6-8-23(20)26/h5-16,24H,4,17H2,1-3H3,(H,27,29)/t24-/m0/s1. The molecule has 0 aliphatic carbocycles. The second-order valence-corrected chi connectivity index (χ2v) is 9.52. The molecule has 0 radical (unpaired) electrons. The number of nitrogens with one attached hydrogen (secondary N) is 1. The molecule has 0 aromatic heterocycles. The van der Waals surface area contributed by atoms with Crippen LogP contribution < -0.4 is 14.4 Å². The smallest absolute Gasteiger partial charge is 0.251 e. The molecule has 0 aliphatic heterocycles. The van der Waals surface area contributed by atoms with Crippen molar-refractivity contribution in [3.8, 4) is 5.75 Å². The van der Waals surface area contributed by atoms with Gasteiger partial charge in [-0.15, -0.1) is 0 Å². The van der Waals surface area contributed by atoms with Gasteiger partial charge in [-0.2, -0.15) is 0 Å². The van der Waals surface area contributed by atoms with Crippen LogP contribution in [0.2, 0.25) is 0 Å². The van der Waals surface area contributed by atoms with Gasteiger partial charge in [0.05, 0.1) is 31.6 Å². The fraction of sp³-hybridized carbons (Fsp3) is 0.240. The van der Waals surface area contributed by atoms with Gasteiger partial charge in [-0.1, -0.05) is 37.3 Å². The number of methoxy groups -OCH3 is 1. The average Bonchev–Trinajstić information content (AvgIpc) is 2.81. The Morgan fingerprint density at radius 1 is 1.03 bits per heavy atom. The molecule has 0 fully saturated rings. The lowest BCUT2D eigenvalue weighted by Gasteiger charge is -2.23. The number of amides is 1. The van der Waals surface area contributed by atoms with E-state index in [1.165, 1.54) is 6.07 Å². The van der Waals surface area contributed by atoms with Crippen molar-refractivity contribution in [3.63, 3.8) is 0 Å². The van der Waals surface area contributed by atoms with Crippen LogP contribution in [0.25, 0.3) is 0 Å². The Labute approximate surface area is 194 Å². The predicted octanol–water partition coefficient (Wildman–Crippen LogP) is 4.68. The Hall–Kier alpha value is -3.39. The summed E-state index contributed by atoms with van der Waals surface area (Å²) in [5, 5.41) is 3.00. The Morgan fingerprint density at radius 2 is 1.67 bits per heavy atom. The Bertz CT molecular complexity index is 1200. The van der Waals surface area contributed by atoms with Crippen molar-refractivity contribution in [2.75, 3.05) is 17.7 Å². The van der Waals surface area contributed by atoms with Crippen LogP contribution in [0, 0.1) is 5.82 Å². The zero-order valence-electron chi connectivity index (χ0n) is 18.8. The van der Waals surface area contributed by atoms with Gasteiger partial charge in [-0.3, -0.25) is 9.10 Å². The van der Waals surface area contributed by atoms with Gasteiger partial charge in [0.25, 0.3) is 5.91 Å². The van der Waals surface area contributed by atoms with Gasteiger partial charge < -0.3 is 10.1 Å².